The number of aliphatic hydroxyl groups excluding tert-OH is 1. The number of methoxy groups -OCH3 is 3. The Bertz CT molecular complexity index is 363. The fourth-order valence-electron chi connectivity index (χ4n) is 1.28. The molecular formula is C9H14N3O5. The van der Waals surface area contributed by atoms with Gasteiger partial charge in [0.25, 0.3) is 0 Å². The van der Waals surface area contributed by atoms with Crippen LogP contribution in [0.4, 0.5) is 0 Å². The highest BCUT2D eigenvalue weighted by Crippen LogP contribution is 2.05. The predicted octanol–water partition coefficient (Wildman–Crippen LogP) is -1.16. The molecule has 0 saturated heterocycles. The summed E-state index contributed by atoms with van der Waals surface area (Å²) in [6, 6.07) is 0. The molecule has 1 atom stereocenters. The number of ether oxygens (including phenoxy) is 3. The van der Waals surface area contributed by atoms with Crippen molar-refractivity contribution in [1.82, 2.24) is 14.8 Å². The highest BCUT2D eigenvalue weighted by Gasteiger charge is 2.22. The van der Waals surface area contributed by atoms with Crippen LogP contribution in [0.2, 0.25) is 0 Å². The summed E-state index contributed by atoms with van der Waals surface area (Å²) in [7, 11) is 4.02. The van der Waals surface area contributed by atoms with Crippen LogP contribution < -0.4 is 0 Å². The van der Waals surface area contributed by atoms with Gasteiger partial charge in [-0.2, -0.15) is 0 Å². The van der Waals surface area contributed by atoms with Crippen LogP contribution in [0.25, 0.3) is 0 Å². The number of rotatable bonds is 6. The molecule has 95 valence electrons. The Hall–Kier alpha value is -1.51. The number of carbonyl (C=O) groups excluding carboxylic acids is 1. The largest absolute Gasteiger partial charge is 0.463 e. The highest BCUT2D eigenvalue weighted by molar-refractivity contribution is 5.85. The second kappa shape index (κ2) is 6.28. The SMILES string of the molecule is COC(=O)c1nn[c]n1CC(O)C(OC)OC. The molecular weight excluding hydrogens is 230 g/mol. The fourth-order valence-corrected chi connectivity index (χ4v) is 1.28. The Kier molecular flexibility index (Phi) is 5.01. The van der Waals surface area contributed by atoms with Crippen molar-refractivity contribution in [2.24, 2.45) is 0 Å². The van der Waals surface area contributed by atoms with Gasteiger partial charge in [0.2, 0.25) is 12.2 Å². The average Bonchev–Trinajstić information content (AvgIpc) is 2.77. The first-order valence-corrected chi connectivity index (χ1v) is 4.76. The number of esters is 1. The second-order valence-electron chi connectivity index (χ2n) is 3.13. The predicted molar refractivity (Wildman–Crippen MR) is 54.0 cm³/mol. The number of hydrogen-bond acceptors (Lipinski definition) is 7. The molecule has 0 aliphatic carbocycles. The Morgan fingerprint density at radius 2 is 2.12 bits per heavy atom. The van der Waals surface area contributed by atoms with E-state index in [-0.39, 0.29) is 12.4 Å². The van der Waals surface area contributed by atoms with Crippen LogP contribution in [-0.2, 0) is 20.8 Å². The smallest absolute Gasteiger partial charge is 0.376 e. The third-order valence-corrected chi connectivity index (χ3v) is 2.08. The topological polar surface area (TPSA) is 95.7 Å². The van der Waals surface area contributed by atoms with Gasteiger partial charge in [0.05, 0.1) is 13.7 Å². The first-order valence-electron chi connectivity index (χ1n) is 4.76. The Morgan fingerprint density at radius 1 is 1.47 bits per heavy atom. The maximum atomic E-state index is 11.3. The zero-order chi connectivity index (χ0) is 12.8. The Labute approximate surface area is 98.1 Å². The van der Waals surface area contributed by atoms with E-state index in [9.17, 15) is 9.90 Å². The van der Waals surface area contributed by atoms with Crippen LogP contribution in [-0.4, -0.2) is 59.6 Å². The summed E-state index contributed by atoms with van der Waals surface area (Å²) in [6.07, 6.45) is 0.644. The van der Waals surface area contributed by atoms with Gasteiger partial charge in [-0.05, 0) is 0 Å². The molecule has 0 aliphatic heterocycles. The summed E-state index contributed by atoms with van der Waals surface area (Å²) >= 11 is 0. The molecule has 17 heavy (non-hydrogen) atoms. The Morgan fingerprint density at radius 3 is 2.65 bits per heavy atom. The lowest BCUT2D eigenvalue weighted by molar-refractivity contribution is -0.167. The molecule has 1 N–H and O–H groups in total. The third kappa shape index (κ3) is 3.22. The first-order chi connectivity index (χ1) is 8.13. The molecule has 0 saturated carbocycles. The molecule has 8 heteroatoms. The maximum Gasteiger partial charge on any atom is 0.376 e. The first kappa shape index (κ1) is 13.6. The molecule has 1 unspecified atom stereocenters. The fraction of sp³-hybridized carbons (Fsp3) is 0.667. The number of nitrogens with zero attached hydrogens (tertiary/aromatic N) is 3. The highest BCUT2D eigenvalue weighted by atomic mass is 16.7. The summed E-state index contributed by atoms with van der Waals surface area (Å²) in [5.74, 6) is -0.699. The molecule has 8 nitrogen and oxygen atoms in total. The van der Waals surface area contributed by atoms with Gasteiger partial charge in [-0.15, -0.1) is 10.2 Å². The van der Waals surface area contributed by atoms with Crippen molar-refractivity contribution < 1.29 is 24.1 Å². The molecule has 0 fully saturated rings. The van der Waals surface area contributed by atoms with E-state index in [1.165, 1.54) is 25.9 Å². The molecule has 1 heterocycles. The summed E-state index contributed by atoms with van der Waals surface area (Å²) in [5, 5.41) is 16.8. The zero-order valence-electron chi connectivity index (χ0n) is 9.78. The minimum Gasteiger partial charge on any atom is -0.463 e. The standard InChI is InChI=1S/C9H14N3O5/c1-15-8(14)7-11-10-5-12(7)4-6(13)9(16-2)17-3/h6,9,13H,4H2,1-3H3. The van der Waals surface area contributed by atoms with Gasteiger partial charge in [-0.1, -0.05) is 0 Å². The number of hydrogen-bond donors (Lipinski definition) is 1. The molecule has 0 aromatic carbocycles. The van der Waals surface area contributed by atoms with Crippen molar-refractivity contribution in [1.29, 1.82) is 0 Å². The molecule has 1 rings (SSSR count). The lowest BCUT2D eigenvalue weighted by Gasteiger charge is -2.20. The summed E-state index contributed by atoms with van der Waals surface area (Å²) in [5.41, 5.74) is 0. The van der Waals surface area contributed by atoms with E-state index in [1.54, 1.807) is 0 Å². The maximum absolute atomic E-state index is 11.3. The Balaban J connectivity index is 2.74. The molecule has 1 aromatic heterocycles. The van der Waals surface area contributed by atoms with Crippen LogP contribution in [0.5, 0.6) is 0 Å². The molecule has 0 spiro atoms. The van der Waals surface area contributed by atoms with Gasteiger partial charge in [0, 0.05) is 14.2 Å². The summed E-state index contributed by atoms with van der Waals surface area (Å²) in [6.45, 7) is 0.00375. The van der Waals surface area contributed by atoms with Crippen molar-refractivity contribution in [2.45, 2.75) is 18.9 Å². The van der Waals surface area contributed by atoms with E-state index in [4.69, 9.17) is 9.47 Å². The van der Waals surface area contributed by atoms with Crippen molar-refractivity contribution >= 4 is 5.97 Å². The summed E-state index contributed by atoms with van der Waals surface area (Å²) < 4.78 is 15.5. The van der Waals surface area contributed by atoms with Crippen LogP contribution in [0.1, 0.15) is 10.6 Å². The monoisotopic (exact) mass is 244 g/mol. The summed E-state index contributed by atoms with van der Waals surface area (Å²) in [4.78, 5) is 11.3. The van der Waals surface area contributed by atoms with Crippen LogP contribution in [0.15, 0.2) is 0 Å². The lowest BCUT2D eigenvalue weighted by atomic mass is 10.3. The molecule has 0 amide bonds. The minimum absolute atomic E-state index is 0.00375. The normalized spacial score (nSPS) is 12.8. The second-order valence-corrected chi connectivity index (χ2v) is 3.13. The van der Waals surface area contributed by atoms with E-state index < -0.39 is 18.4 Å². The van der Waals surface area contributed by atoms with Crippen molar-refractivity contribution in [2.75, 3.05) is 21.3 Å². The van der Waals surface area contributed by atoms with Gasteiger partial charge in [-0.25, -0.2) is 4.79 Å². The third-order valence-electron chi connectivity index (χ3n) is 2.08. The van der Waals surface area contributed by atoms with E-state index in [0.29, 0.717) is 0 Å². The molecule has 1 aromatic rings. The van der Waals surface area contributed by atoms with Crippen LogP contribution in [0, 0.1) is 6.33 Å². The minimum atomic E-state index is -0.986. The lowest BCUT2D eigenvalue weighted by Crippen LogP contribution is -2.34. The van der Waals surface area contributed by atoms with Gasteiger partial charge in [0.15, 0.2) is 6.29 Å². The zero-order valence-corrected chi connectivity index (χ0v) is 9.78. The van der Waals surface area contributed by atoms with E-state index >= 15 is 0 Å². The van der Waals surface area contributed by atoms with Gasteiger partial charge in [0.1, 0.15) is 6.10 Å². The van der Waals surface area contributed by atoms with Crippen LogP contribution >= 0.6 is 0 Å². The quantitative estimate of drug-likeness (QED) is 0.498. The number of aliphatic hydroxyl groups is 1. The van der Waals surface area contributed by atoms with Crippen molar-refractivity contribution in [3.63, 3.8) is 0 Å². The van der Waals surface area contributed by atoms with Crippen LogP contribution in [0.3, 0.4) is 0 Å². The van der Waals surface area contributed by atoms with E-state index in [1.807, 2.05) is 0 Å². The van der Waals surface area contributed by atoms with Gasteiger partial charge in [-0.3, -0.25) is 4.57 Å². The average molecular weight is 244 g/mol. The van der Waals surface area contributed by atoms with E-state index in [2.05, 4.69) is 21.3 Å². The molecule has 1 radical (unpaired) electrons. The number of aromatic nitrogens is 3. The number of carbonyl (C=O) groups is 1. The van der Waals surface area contributed by atoms with Crippen molar-refractivity contribution in [3.8, 4) is 0 Å². The van der Waals surface area contributed by atoms with Gasteiger partial charge < -0.3 is 19.3 Å². The molecule has 0 bridgehead atoms. The van der Waals surface area contributed by atoms with Gasteiger partial charge >= 0.3 is 5.97 Å². The van der Waals surface area contributed by atoms with Crippen molar-refractivity contribution in [3.05, 3.63) is 12.2 Å². The van der Waals surface area contributed by atoms with E-state index in [0.717, 1.165) is 0 Å². The molecule has 0 aliphatic rings.